The van der Waals surface area contributed by atoms with E-state index in [0.717, 1.165) is 18.2 Å². The van der Waals surface area contributed by atoms with E-state index in [2.05, 4.69) is 0 Å². The van der Waals surface area contributed by atoms with Crippen LogP contribution in [0.5, 0.6) is 11.5 Å². The van der Waals surface area contributed by atoms with Gasteiger partial charge in [0.1, 0.15) is 18.2 Å². The Morgan fingerprint density at radius 3 is 2.57 bits per heavy atom. The zero-order valence-corrected chi connectivity index (χ0v) is 11.4. The molecule has 0 heterocycles. The van der Waals surface area contributed by atoms with Crippen LogP contribution in [0.15, 0.2) is 36.4 Å². The summed E-state index contributed by atoms with van der Waals surface area (Å²) in [5.74, 6) is -0.296. The highest BCUT2D eigenvalue weighted by Gasteiger charge is 2.09. The van der Waals surface area contributed by atoms with Gasteiger partial charge in [-0.15, -0.1) is 0 Å². The molecule has 5 heteroatoms. The molecule has 2 aromatic carbocycles. The zero-order valence-electron chi connectivity index (χ0n) is 11.4. The van der Waals surface area contributed by atoms with Crippen molar-refractivity contribution < 1.29 is 18.3 Å². The molecule has 0 aliphatic heterocycles. The smallest absolute Gasteiger partial charge is 0.162 e. The van der Waals surface area contributed by atoms with Crippen molar-refractivity contribution in [3.8, 4) is 17.6 Å². The summed E-state index contributed by atoms with van der Waals surface area (Å²) < 4.78 is 37.5. The molecule has 0 radical (unpaired) electrons. The van der Waals surface area contributed by atoms with Crippen molar-refractivity contribution in [3.63, 3.8) is 0 Å². The number of hydrogen-bond donors (Lipinski definition) is 0. The van der Waals surface area contributed by atoms with E-state index in [-0.39, 0.29) is 12.2 Å². The van der Waals surface area contributed by atoms with Crippen LogP contribution in [0, 0.1) is 23.0 Å². The number of hydrogen-bond acceptors (Lipinski definition) is 3. The maximum absolute atomic E-state index is 13.5. The van der Waals surface area contributed by atoms with Crippen LogP contribution in [0.1, 0.15) is 18.1 Å². The Bertz CT molecular complexity index is 680. The Kier molecular flexibility index (Phi) is 4.72. The number of nitriles is 1. The van der Waals surface area contributed by atoms with Crippen LogP contribution in [0.25, 0.3) is 0 Å². The van der Waals surface area contributed by atoms with Gasteiger partial charge in [-0.2, -0.15) is 5.26 Å². The first-order valence-corrected chi connectivity index (χ1v) is 6.37. The molecular formula is C16H13F2NO2. The summed E-state index contributed by atoms with van der Waals surface area (Å²) in [5, 5.41) is 8.86. The summed E-state index contributed by atoms with van der Waals surface area (Å²) in [5.41, 5.74) is 0.546. The normalized spacial score (nSPS) is 10.0. The van der Waals surface area contributed by atoms with Crippen molar-refractivity contribution in [2.45, 2.75) is 13.5 Å². The number of ether oxygens (including phenoxy) is 2. The average Bonchev–Trinajstić information content (AvgIpc) is 2.49. The topological polar surface area (TPSA) is 42.2 Å². The first-order valence-electron chi connectivity index (χ1n) is 6.37. The van der Waals surface area contributed by atoms with Gasteiger partial charge in [-0.3, -0.25) is 0 Å². The Morgan fingerprint density at radius 2 is 1.86 bits per heavy atom. The minimum Gasteiger partial charge on any atom is -0.490 e. The minimum absolute atomic E-state index is 0.113. The quantitative estimate of drug-likeness (QED) is 0.840. The van der Waals surface area contributed by atoms with Gasteiger partial charge in [-0.05, 0) is 37.3 Å². The fourth-order valence-corrected chi connectivity index (χ4v) is 1.77. The van der Waals surface area contributed by atoms with E-state index in [0.29, 0.717) is 23.7 Å². The van der Waals surface area contributed by atoms with Crippen molar-refractivity contribution in [2.24, 2.45) is 0 Å². The third-order valence-corrected chi connectivity index (χ3v) is 2.76. The van der Waals surface area contributed by atoms with Crippen LogP contribution < -0.4 is 9.47 Å². The van der Waals surface area contributed by atoms with Gasteiger partial charge in [0.15, 0.2) is 11.5 Å². The Hall–Kier alpha value is -2.61. The van der Waals surface area contributed by atoms with Gasteiger partial charge in [-0.1, -0.05) is 0 Å². The van der Waals surface area contributed by atoms with Gasteiger partial charge in [0, 0.05) is 11.6 Å². The number of benzene rings is 2. The highest BCUT2D eigenvalue weighted by Crippen LogP contribution is 2.29. The van der Waals surface area contributed by atoms with Gasteiger partial charge in [0.2, 0.25) is 0 Å². The molecule has 0 saturated carbocycles. The van der Waals surface area contributed by atoms with E-state index >= 15 is 0 Å². The van der Waals surface area contributed by atoms with E-state index in [1.54, 1.807) is 25.1 Å². The summed E-state index contributed by atoms with van der Waals surface area (Å²) in [6.07, 6.45) is 0. The second-order valence-electron chi connectivity index (χ2n) is 4.23. The number of nitrogens with zero attached hydrogens (tertiary/aromatic N) is 1. The Labute approximate surface area is 121 Å². The lowest BCUT2D eigenvalue weighted by Crippen LogP contribution is -2.02. The van der Waals surface area contributed by atoms with Crippen molar-refractivity contribution in [2.75, 3.05) is 6.61 Å². The second kappa shape index (κ2) is 6.71. The molecule has 0 aliphatic rings. The van der Waals surface area contributed by atoms with Crippen LogP contribution in [-0.4, -0.2) is 6.61 Å². The number of halogens is 2. The first-order chi connectivity index (χ1) is 10.1. The lowest BCUT2D eigenvalue weighted by molar-refractivity contribution is 0.265. The van der Waals surface area contributed by atoms with Crippen molar-refractivity contribution >= 4 is 0 Å². The lowest BCUT2D eigenvalue weighted by atomic mass is 10.2. The maximum Gasteiger partial charge on any atom is 0.162 e. The lowest BCUT2D eigenvalue weighted by Gasteiger charge is -2.12. The van der Waals surface area contributed by atoms with Crippen molar-refractivity contribution in [1.29, 1.82) is 5.26 Å². The molecule has 108 valence electrons. The highest BCUT2D eigenvalue weighted by atomic mass is 19.1. The molecule has 0 atom stereocenters. The molecule has 0 aromatic heterocycles. The van der Waals surface area contributed by atoms with Crippen LogP contribution in [-0.2, 0) is 6.61 Å². The van der Waals surface area contributed by atoms with E-state index in [1.165, 1.54) is 0 Å². The molecule has 21 heavy (non-hydrogen) atoms. The molecule has 0 aliphatic carbocycles. The van der Waals surface area contributed by atoms with E-state index in [4.69, 9.17) is 14.7 Å². The molecule has 0 unspecified atom stereocenters. The molecule has 0 bridgehead atoms. The van der Waals surface area contributed by atoms with Gasteiger partial charge >= 0.3 is 0 Å². The van der Waals surface area contributed by atoms with Crippen LogP contribution >= 0.6 is 0 Å². The molecule has 0 N–H and O–H groups in total. The largest absolute Gasteiger partial charge is 0.490 e. The van der Waals surface area contributed by atoms with Crippen LogP contribution in [0.4, 0.5) is 8.78 Å². The summed E-state index contributed by atoms with van der Waals surface area (Å²) >= 11 is 0. The molecule has 2 rings (SSSR count). The Morgan fingerprint density at radius 1 is 1.05 bits per heavy atom. The molecule has 0 saturated heterocycles. The molecule has 3 nitrogen and oxygen atoms in total. The molecule has 0 fully saturated rings. The molecule has 0 spiro atoms. The van der Waals surface area contributed by atoms with E-state index in [9.17, 15) is 8.78 Å². The SMILES string of the molecule is CCOc1cc(C#N)ccc1OCc1cc(F)ccc1F. The maximum atomic E-state index is 13.5. The monoisotopic (exact) mass is 289 g/mol. The second-order valence-corrected chi connectivity index (χ2v) is 4.23. The van der Waals surface area contributed by atoms with Gasteiger partial charge < -0.3 is 9.47 Å². The predicted octanol–water partition coefficient (Wildman–Crippen LogP) is 3.81. The fraction of sp³-hybridized carbons (Fsp3) is 0.188. The van der Waals surface area contributed by atoms with Crippen molar-refractivity contribution in [3.05, 3.63) is 59.2 Å². The van der Waals surface area contributed by atoms with Crippen LogP contribution in [0.3, 0.4) is 0 Å². The molecular weight excluding hydrogens is 276 g/mol. The zero-order chi connectivity index (χ0) is 15.2. The highest BCUT2D eigenvalue weighted by molar-refractivity contribution is 5.46. The Balaban J connectivity index is 2.19. The van der Waals surface area contributed by atoms with Gasteiger partial charge in [0.25, 0.3) is 0 Å². The fourth-order valence-electron chi connectivity index (χ4n) is 1.77. The summed E-state index contributed by atoms with van der Waals surface area (Å²) in [6, 6.07) is 9.86. The van der Waals surface area contributed by atoms with Crippen molar-refractivity contribution in [1.82, 2.24) is 0 Å². The molecule has 0 amide bonds. The summed E-state index contributed by atoms with van der Waals surface area (Å²) in [6.45, 7) is 2.07. The summed E-state index contributed by atoms with van der Waals surface area (Å²) in [7, 11) is 0. The van der Waals surface area contributed by atoms with E-state index < -0.39 is 11.6 Å². The minimum atomic E-state index is -0.539. The summed E-state index contributed by atoms with van der Waals surface area (Å²) in [4.78, 5) is 0. The van der Waals surface area contributed by atoms with E-state index in [1.807, 2.05) is 6.07 Å². The first kappa shape index (κ1) is 14.8. The van der Waals surface area contributed by atoms with Gasteiger partial charge in [0.05, 0.1) is 18.2 Å². The van der Waals surface area contributed by atoms with Crippen LogP contribution in [0.2, 0.25) is 0 Å². The third-order valence-electron chi connectivity index (χ3n) is 2.76. The third kappa shape index (κ3) is 3.69. The predicted molar refractivity (Wildman–Crippen MR) is 73.0 cm³/mol. The molecule has 2 aromatic rings. The number of rotatable bonds is 5. The standard InChI is InChI=1S/C16H13F2NO2/c1-2-20-16-7-11(9-19)3-6-15(16)21-10-12-8-13(17)4-5-14(12)18/h3-8H,2,10H2,1H3. The average molecular weight is 289 g/mol. The van der Waals surface area contributed by atoms with Gasteiger partial charge in [-0.25, -0.2) is 8.78 Å².